The number of carbonyl (C=O) groups is 2. The highest BCUT2D eigenvalue weighted by molar-refractivity contribution is 6.41. The van der Waals surface area contributed by atoms with E-state index >= 15 is 0 Å². The number of aromatic nitrogens is 1. The third-order valence-electron chi connectivity index (χ3n) is 6.51. The molecule has 0 spiro atoms. The fourth-order valence-corrected chi connectivity index (χ4v) is 5.31. The van der Waals surface area contributed by atoms with Gasteiger partial charge in [0.15, 0.2) is 5.78 Å². The van der Waals surface area contributed by atoms with Crippen molar-refractivity contribution in [2.75, 3.05) is 12.4 Å². The summed E-state index contributed by atoms with van der Waals surface area (Å²) in [5.41, 5.74) is 0.850. The van der Waals surface area contributed by atoms with Gasteiger partial charge < -0.3 is 10.1 Å². The number of fused-ring (bicyclic) bond motifs is 2. The molecule has 3 aromatic carbocycles. The lowest BCUT2D eigenvalue weighted by atomic mass is 9.63. The van der Waals surface area contributed by atoms with Gasteiger partial charge in [0, 0.05) is 22.0 Å². The van der Waals surface area contributed by atoms with Crippen molar-refractivity contribution in [1.82, 2.24) is 4.98 Å². The number of ketones is 1. The molecule has 1 aromatic heterocycles. The molecule has 2 unspecified atom stereocenters. The van der Waals surface area contributed by atoms with E-state index in [0.29, 0.717) is 27.7 Å². The van der Waals surface area contributed by atoms with Crippen LogP contribution in [0, 0.1) is 0 Å². The van der Waals surface area contributed by atoms with Crippen LogP contribution in [0.15, 0.2) is 72.8 Å². The van der Waals surface area contributed by atoms with E-state index < -0.39 is 23.0 Å². The SMILES string of the molecule is COc1ccc(C2(C(C)c3ccc4ccccc4n3)C(=O)Nc3cc(Cl)cc(Cl)c3C2=O)cc1. The number of pyridine rings is 1. The molecule has 1 aliphatic heterocycles. The number of hydrogen-bond acceptors (Lipinski definition) is 4. The minimum absolute atomic E-state index is 0.184. The van der Waals surface area contributed by atoms with Gasteiger partial charge in [0.05, 0.1) is 28.9 Å². The second-order valence-corrected chi connectivity index (χ2v) is 9.12. The summed E-state index contributed by atoms with van der Waals surface area (Å²) in [5.74, 6) is -0.862. The van der Waals surface area contributed by atoms with Gasteiger partial charge in [-0.2, -0.15) is 0 Å². The lowest BCUT2D eigenvalue weighted by Crippen LogP contribution is -2.54. The molecule has 0 radical (unpaired) electrons. The molecule has 1 N–H and O–H groups in total. The van der Waals surface area contributed by atoms with Crippen LogP contribution in [-0.4, -0.2) is 23.8 Å². The highest BCUT2D eigenvalue weighted by Crippen LogP contribution is 2.48. The Morgan fingerprint density at radius 1 is 0.971 bits per heavy atom. The molecular weight excluding hydrogens is 471 g/mol. The summed E-state index contributed by atoms with van der Waals surface area (Å²) in [4.78, 5) is 32.9. The molecule has 170 valence electrons. The summed E-state index contributed by atoms with van der Waals surface area (Å²) in [6.45, 7) is 1.84. The van der Waals surface area contributed by atoms with Crippen LogP contribution in [0.4, 0.5) is 5.69 Å². The molecule has 0 bridgehead atoms. The maximum absolute atomic E-state index is 14.3. The Kier molecular flexibility index (Phi) is 5.54. The van der Waals surface area contributed by atoms with Gasteiger partial charge in [-0.3, -0.25) is 14.6 Å². The number of amides is 1. The smallest absolute Gasteiger partial charge is 0.243 e. The number of hydrogen-bond donors (Lipinski definition) is 1. The van der Waals surface area contributed by atoms with E-state index in [9.17, 15) is 9.59 Å². The number of rotatable bonds is 4. The van der Waals surface area contributed by atoms with Crippen LogP contribution in [-0.2, 0) is 10.2 Å². The molecule has 5 rings (SSSR count). The number of nitrogens with one attached hydrogen (secondary N) is 1. The molecular formula is C27H20Cl2N2O3. The average molecular weight is 491 g/mol. The fourth-order valence-electron chi connectivity index (χ4n) is 4.73. The van der Waals surface area contributed by atoms with Gasteiger partial charge in [0.25, 0.3) is 0 Å². The molecule has 2 heterocycles. The predicted molar refractivity (Wildman–Crippen MR) is 134 cm³/mol. The Labute approximate surface area is 206 Å². The summed E-state index contributed by atoms with van der Waals surface area (Å²) in [6.07, 6.45) is 0. The molecule has 0 aliphatic carbocycles. The van der Waals surface area contributed by atoms with Crippen molar-refractivity contribution < 1.29 is 14.3 Å². The van der Waals surface area contributed by atoms with Gasteiger partial charge in [-0.1, -0.05) is 66.5 Å². The Balaban J connectivity index is 1.76. The van der Waals surface area contributed by atoms with Gasteiger partial charge in [0.1, 0.15) is 11.2 Å². The standard InChI is InChI=1S/C27H20Cl2N2O3/c1-15(21-12-7-16-5-3-4-6-22(16)30-21)27(17-8-10-19(34-2)11-9-17)25(32)24-20(29)13-18(28)14-23(24)31-26(27)33/h3-15H,1-2H3,(H,31,33). The van der Waals surface area contributed by atoms with Crippen molar-refractivity contribution in [3.05, 3.63) is 99.7 Å². The van der Waals surface area contributed by atoms with E-state index in [0.717, 1.165) is 10.9 Å². The molecule has 0 saturated heterocycles. The highest BCUT2D eigenvalue weighted by atomic mass is 35.5. The Hall–Kier alpha value is -3.41. The first-order valence-corrected chi connectivity index (χ1v) is 11.5. The summed E-state index contributed by atoms with van der Waals surface area (Å²) < 4.78 is 5.29. The molecule has 5 nitrogen and oxygen atoms in total. The molecule has 34 heavy (non-hydrogen) atoms. The zero-order valence-corrected chi connectivity index (χ0v) is 19.9. The number of methoxy groups -OCH3 is 1. The lowest BCUT2D eigenvalue weighted by Gasteiger charge is -2.40. The molecule has 1 aliphatic rings. The molecule has 0 fully saturated rings. The Bertz CT molecular complexity index is 1450. The summed E-state index contributed by atoms with van der Waals surface area (Å²) >= 11 is 12.6. The fraction of sp³-hybridized carbons (Fsp3) is 0.148. The monoisotopic (exact) mass is 490 g/mol. The van der Waals surface area contributed by atoms with Crippen LogP contribution in [0.1, 0.15) is 34.5 Å². The highest BCUT2D eigenvalue weighted by Gasteiger charge is 2.56. The van der Waals surface area contributed by atoms with Crippen molar-refractivity contribution in [2.24, 2.45) is 0 Å². The quantitative estimate of drug-likeness (QED) is 0.334. The maximum Gasteiger partial charge on any atom is 0.243 e. The van der Waals surface area contributed by atoms with Crippen LogP contribution >= 0.6 is 23.2 Å². The van der Waals surface area contributed by atoms with Crippen LogP contribution in [0.2, 0.25) is 10.0 Å². The second kappa shape index (κ2) is 8.42. The van der Waals surface area contributed by atoms with E-state index in [4.69, 9.17) is 32.9 Å². The number of nitrogens with zero attached hydrogens (tertiary/aromatic N) is 1. The van der Waals surface area contributed by atoms with E-state index in [1.807, 2.05) is 43.3 Å². The zero-order valence-electron chi connectivity index (χ0n) is 18.4. The molecule has 1 amide bonds. The van der Waals surface area contributed by atoms with Crippen molar-refractivity contribution in [3.8, 4) is 5.75 Å². The van der Waals surface area contributed by atoms with Crippen LogP contribution in [0.3, 0.4) is 0 Å². The van der Waals surface area contributed by atoms with Gasteiger partial charge in [-0.05, 0) is 42.0 Å². The molecule has 7 heteroatoms. The molecule has 2 atom stereocenters. The number of benzene rings is 3. The van der Waals surface area contributed by atoms with Crippen molar-refractivity contribution in [1.29, 1.82) is 0 Å². The van der Waals surface area contributed by atoms with Crippen molar-refractivity contribution >= 4 is 51.5 Å². The average Bonchev–Trinajstić information content (AvgIpc) is 2.83. The van der Waals surface area contributed by atoms with Gasteiger partial charge in [-0.15, -0.1) is 0 Å². The summed E-state index contributed by atoms with van der Waals surface area (Å²) in [5, 5.41) is 4.38. The number of para-hydroxylation sites is 1. The molecule has 0 saturated carbocycles. The van der Waals surface area contributed by atoms with Crippen LogP contribution < -0.4 is 10.1 Å². The van der Waals surface area contributed by atoms with Crippen LogP contribution in [0.25, 0.3) is 10.9 Å². The third-order valence-corrected chi connectivity index (χ3v) is 7.02. The lowest BCUT2D eigenvalue weighted by molar-refractivity contribution is -0.120. The number of Topliss-reactive ketones (excluding diaryl/α,β-unsaturated/α-hetero) is 1. The number of ether oxygens (including phenoxy) is 1. The Morgan fingerprint density at radius 2 is 1.71 bits per heavy atom. The van der Waals surface area contributed by atoms with Crippen molar-refractivity contribution in [2.45, 2.75) is 18.3 Å². The van der Waals surface area contributed by atoms with E-state index in [1.165, 1.54) is 12.1 Å². The Morgan fingerprint density at radius 3 is 2.44 bits per heavy atom. The maximum atomic E-state index is 14.3. The first-order valence-electron chi connectivity index (χ1n) is 10.7. The third kappa shape index (κ3) is 3.35. The van der Waals surface area contributed by atoms with E-state index in [2.05, 4.69) is 5.32 Å². The summed E-state index contributed by atoms with van der Waals surface area (Å²) in [6, 6.07) is 21.5. The molecule has 4 aromatic rings. The van der Waals surface area contributed by atoms with Crippen LogP contribution in [0.5, 0.6) is 5.75 Å². The minimum Gasteiger partial charge on any atom is -0.497 e. The zero-order chi connectivity index (χ0) is 24.0. The van der Waals surface area contributed by atoms with Gasteiger partial charge in [0.2, 0.25) is 5.91 Å². The van der Waals surface area contributed by atoms with Crippen molar-refractivity contribution in [3.63, 3.8) is 0 Å². The largest absolute Gasteiger partial charge is 0.497 e. The number of anilines is 1. The first kappa shape index (κ1) is 22.4. The number of halogens is 2. The van der Waals surface area contributed by atoms with E-state index in [1.54, 1.807) is 31.4 Å². The predicted octanol–water partition coefficient (Wildman–Crippen LogP) is 6.43. The first-order chi connectivity index (χ1) is 16.4. The topological polar surface area (TPSA) is 68.3 Å². The normalized spacial score (nSPS) is 18.4. The van der Waals surface area contributed by atoms with Gasteiger partial charge in [-0.25, -0.2) is 0 Å². The summed E-state index contributed by atoms with van der Waals surface area (Å²) in [7, 11) is 1.56. The second-order valence-electron chi connectivity index (χ2n) is 8.28. The van der Waals surface area contributed by atoms with Gasteiger partial charge >= 0.3 is 0 Å². The number of carbonyl (C=O) groups excluding carboxylic acids is 2. The minimum atomic E-state index is -1.60. The van der Waals surface area contributed by atoms with E-state index in [-0.39, 0.29) is 10.6 Å².